The van der Waals surface area contributed by atoms with Crippen LogP contribution in [-0.4, -0.2) is 50.3 Å². The van der Waals surface area contributed by atoms with Gasteiger partial charge in [0.2, 0.25) is 5.82 Å². The molecule has 2 N–H and O–H groups in total. The van der Waals surface area contributed by atoms with Gasteiger partial charge in [-0.25, -0.2) is 4.98 Å². The van der Waals surface area contributed by atoms with Gasteiger partial charge >= 0.3 is 0 Å². The largest absolute Gasteiger partial charge is 0.394 e. The van der Waals surface area contributed by atoms with Crippen molar-refractivity contribution < 1.29 is 9.90 Å². The molecule has 2 heterocycles. The van der Waals surface area contributed by atoms with E-state index in [-0.39, 0.29) is 29.8 Å². The minimum atomic E-state index is -0.196. The summed E-state index contributed by atoms with van der Waals surface area (Å²) >= 11 is 0. The van der Waals surface area contributed by atoms with Crippen molar-refractivity contribution in [3.8, 4) is 0 Å². The Kier molecular flexibility index (Phi) is 3.38. The number of amides is 1. The van der Waals surface area contributed by atoms with Crippen LogP contribution in [0.25, 0.3) is 0 Å². The van der Waals surface area contributed by atoms with Crippen molar-refractivity contribution in [1.82, 2.24) is 20.1 Å². The zero-order valence-corrected chi connectivity index (χ0v) is 11.1. The molecule has 0 saturated carbocycles. The lowest BCUT2D eigenvalue weighted by Gasteiger charge is -2.21. The fourth-order valence-electron chi connectivity index (χ4n) is 2.11. The van der Waals surface area contributed by atoms with Gasteiger partial charge in [-0.1, -0.05) is 20.8 Å². The smallest absolute Gasteiger partial charge is 0.293 e. The molecule has 0 aliphatic carbocycles. The molecule has 18 heavy (non-hydrogen) atoms. The molecule has 1 aliphatic rings. The Bertz CT molecular complexity index is 436. The van der Waals surface area contributed by atoms with Crippen molar-refractivity contribution in [3.63, 3.8) is 0 Å². The number of aromatic nitrogens is 3. The number of hydrogen-bond donors (Lipinski definition) is 2. The first-order valence-corrected chi connectivity index (χ1v) is 6.28. The highest BCUT2D eigenvalue weighted by Crippen LogP contribution is 2.21. The topological polar surface area (TPSA) is 82.1 Å². The summed E-state index contributed by atoms with van der Waals surface area (Å²) < 4.78 is 0. The molecule has 1 aromatic heterocycles. The molecule has 6 heteroatoms. The van der Waals surface area contributed by atoms with Crippen LogP contribution >= 0.6 is 0 Å². The normalized spacial score (nSPS) is 20.4. The summed E-state index contributed by atoms with van der Waals surface area (Å²) in [5.41, 5.74) is -0.160. The van der Waals surface area contributed by atoms with Crippen molar-refractivity contribution in [2.24, 2.45) is 0 Å². The van der Waals surface area contributed by atoms with E-state index in [1.54, 1.807) is 4.90 Å². The Morgan fingerprint density at radius 3 is 2.83 bits per heavy atom. The Morgan fingerprint density at radius 1 is 1.56 bits per heavy atom. The molecule has 1 atom stereocenters. The molecule has 1 aromatic rings. The highest BCUT2D eigenvalue weighted by atomic mass is 16.3. The first-order chi connectivity index (χ1) is 8.43. The van der Waals surface area contributed by atoms with E-state index in [1.807, 2.05) is 20.8 Å². The molecule has 0 bridgehead atoms. The number of aliphatic hydroxyl groups is 1. The van der Waals surface area contributed by atoms with Gasteiger partial charge in [-0.15, -0.1) is 5.10 Å². The fourth-order valence-corrected chi connectivity index (χ4v) is 2.11. The number of carbonyl (C=O) groups excluding carboxylic acids is 1. The number of likely N-dealkylation sites (tertiary alicyclic amines) is 1. The highest BCUT2D eigenvalue weighted by Gasteiger charge is 2.31. The summed E-state index contributed by atoms with van der Waals surface area (Å²) in [5.74, 6) is 0.698. The number of rotatable bonds is 2. The SMILES string of the molecule is CC(C)(C)c1nc(C(=O)N2CCCC2CO)n[nH]1. The number of nitrogens with one attached hydrogen (secondary N) is 1. The second-order valence-corrected chi connectivity index (χ2v) is 5.73. The molecule has 1 unspecified atom stereocenters. The van der Waals surface area contributed by atoms with Crippen LogP contribution in [0.5, 0.6) is 0 Å². The third-order valence-electron chi connectivity index (χ3n) is 3.24. The van der Waals surface area contributed by atoms with Gasteiger partial charge in [-0.05, 0) is 12.8 Å². The maximum atomic E-state index is 12.2. The second kappa shape index (κ2) is 4.68. The molecule has 1 amide bonds. The number of nitrogens with zero attached hydrogens (tertiary/aromatic N) is 3. The number of aliphatic hydroxyl groups excluding tert-OH is 1. The van der Waals surface area contributed by atoms with Crippen molar-refractivity contribution in [3.05, 3.63) is 11.6 Å². The van der Waals surface area contributed by atoms with Crippen LogP contribution in [0.4, 0.5) is 0 Å². The van der Waals surface area contributed by atoms with E-state index in [4.69, 9.17) is 0 Å². The van der Waals surface area contributed by atoms with Crippen molar-refractivity contribution in [2.75, 3.05) is 13.2 Å². The van der Waals surface area contributed by atoms with Crippen LogP contribution < -0.4 is 0 Å². The van der Waals surface area contributed by atoms with Crippen molar-refractivity contribution in [1.29, 1.82) is 0 Å². The average molecular weight is 252 g/mol. The maximum Gasteiger partial charge on any atom is 0.293 e. The second-order valence-electron chi connectivity index (χ2n) is 5.73. The lowest BCUT2D eigenvalue weighted by molar-refractivity contribution is 0.0665. The molecule has 0 spiro atoms. The molecule has 1 fully saturated rings. The molecular weight excluding hydrogens is 232 g/mol. The summed E-state index contributed by atoms with van der Waals surface area (Å²) in [6.07, 6.45) is 1.77. The predicted molar refractivity (Wildman–Crippen MR) is 66.2 cm³/mol. The standard InChI is InChI=1S/C12H20N4O2/c1-12(2,3)11-13-9(14-15-11)10(18)16-6-4-5-8(16)7-17/h8,17H,4-7H2,1-3H3,(H,13,14,15). The van der Waals surface area contributed by atoms with Crippen molar-refractivity contribution >= 4 is 5.91 Å². The molecule has 1 saturated heterocycles. The summed E-state index contributed by atoms with van der Waals surface area (Å²) in [4.78, 5) is 18.1. The Hall–Kier alpha value is -1.43. The van der Waals surface area contributed by atoms with Gasteiger partial charge in [0.05, 0.1) is 12.6 Å². The number of H-pyrrole nitrogens is 1. The van der Waals surface area contributed by atoms with Crippen LogP contribution in [0.1, 0.15) is 50.1 Å². The van der Waals surface area contributed by atoms with Gasteiger partial charge in [0.1, 0.15) is 5.82 Å². The summed E-state index contributed by atoms with van der Waals surface area (Å²) in [6.45, 7) is 6.70. The predicted octanol–water partition coefficient (Wildman–Crippen LogP) is 0.699. The van der Waals surface area contributed by atoms with Gasteiger partial charge in [0.25, 0.3) is 5.91 Å². The average Bonchev–Trinajstić information content (AvgIpc) is 2.96. The maximum absolute atomic E-state index is 12.2. The van der Waals surface area contributed by atoms with Crippen LogP contribution in [0, 0.1) is 0 Å². The Labute approximate surface area is 106 Å². The van der Waals surface area contributed by atoms with E-state index in [1.165, 1.54) is 0 Å². The van der Waals surface area contributed by atoms with Gasteiger partial charge in [-0.3, -0.25) is 9.89 Å². The van der Waals surface area contributed by atoms with Crippen LogP contribution in [0.3, 0.4) is 0 Å². The first kappa shape index (κ1) is 13.0. The number of aromatic amines is 1. The fraction of sp³-hybridized carbons (Fsp3) is 0.750. The summed E-state index contributed by atoms with van der Waals surface area (Å²) in [7, 11) is 0. The summed E-state index contributed by atoms with van der Waals surface area (Å²) in [5, 5.41) is 16.0. The third-order valence-corrected chi connectivity index (χ3v) is 3.24. The van der Waals surface area contributed by atoms with E-state index < -0.39 is 0 Å². The molecular formula is C12H20N4O2. The quantitative estimate of drug-likeness (QED) is 0.811. The minimum Gasteiger partial charge on any atom is -0.394 e. The number of carbonyl (C=O) groups is 1. The van der Waals surface area contributed by atoms with Gasteiger partial charge in [0, 0.05) is 12.0 Å². The highest BCUT2D eigenvalue weighted by molar-refractivity contribution is 5.90. The third kappa shape index (κ3) is 2.38. The van der Waals surface area contributed by atoms with E-state index in [2.05, 4.69) is 15.2 Å². The monoisotopic (exact) mass is 252 g/mol. The van der Waals surface area contributed by atoms with Crippen molar-refractivity contribution in [2.45, 2.75) is 45.1 Å². The molecule has 2 rings (SSSR count). The van der Waals surface area contributed by atoms with E-state index in [0.717, 1.165) is 12.8 Å². The lowest BCUT2D eigenvalue weighted by Crippen LogP contribution is -2.38. The van der Waals surface area contributed by atoms with Gasteiger partial charge in [-0.2, -0.15) is 0 Å². The first-order valence-electron chi connectivity index (χ1n) is 6.28. The zero-order valence-electron chi connectivity index (χ0n) is 11.1. The van der Waals surface area contributed by atoms with E-state index in [0.29, 0.717) is 12.4 Å². The van der Waals surface area contributed by atoms with E-state index >= 15 is 0 Å². The van der Waals surface area contributed by atoms with Crippen LogP contribution in [0.15, 0.2) is 0 Å². The van der Waals surface area contributed by atoms with Crippen LogP contribution in [0.2, 0.25) is 0 Å². The molecule has 1 aliphatic heterocycles. The number of hydrogen-bond acceptors (Lipinski definition) is 4. The lowest BCUT2D eigenvalue weighted by atomic mass is 9.96. The Balaban J connectivity index is 2.16. The molecule has 0 radical (unpaired) electrons. The molecule has 100 valence electrons. The zero-order chi connectivity index (χ0) is 13.3. The van der Waals surface area contributed by atoms with E-state index in [9.17, 15) is 9.90 Å². The van der Waals surface area contributed by atoms with Gasteiger partial charge in [0.15, 0.2) is 0 Å². The molecule has 6 nitrogen and oxygen atoms in total. The Morgan fingerprint density at radius 2 is 2.28 bits per heavy atom. The summed E-state index contributed by atoms with van der Waals surface area (Å²) in [6, 6.07) is -0.0888. The van der Waals surface area contributed by atoms with Gasteiger partial charge < -0.3 is 10.0 Å². The van der Waals surface area contributed by atoms with Crippen LogP contribution in [-0.2, 0) is 5.41 Å². The molecule has 0 aromatic carbocycles. The minimum absolute atomic E-state index is 0.00227.